The van der Waals surface area contributed by atoms with Gasteiger partial charge >= 0.3 is 0 Å². The maximum absolute atomic E-state index is 12.9. The lowest BCUT2D eigenvalue weighted by Crippen LogP contribution is -2.35. The van der Waals surface area contributed by atoms with Crippen LogP contribution in [-0.2, 0) is 14.8 Å². The molecule has 0 atom stereocenters. The molecule has 1 saturated carbocycles. The predicted octanol–water partition coefficient (Wildman–Crippen LogP) is 3.15. The van der Waals surface area contributed by atoms with Gasteiger partial charge in [-0.2, -0.15) is 10.2 Å². The van der Waals surface area contributed by atoms with Crippen molar-refractivity contribution in [1.29, 1.82) is 0 Å². The van der Waals surface area contributed by atoms with Gasteiger partial charge in [0.15, 0.2) is 0 Å². The van der Waals surface area contributed by atoms with E-state index in [2.05, 4.69) is 41.8 Å². The summed E-state index contributed by atoms with van der Waals surface area (Å²) in [5, 5.41) is 12.7. The number of anilines is 2. The van der Waals surface area contributed by atoms with Gasteiger partial charge in [0.1, 0.15) is 5.71 Å². The molecule has 1 aromatic heterocycles. The van der Waals surface area contributed by atoms with Crippen LogP contribution in [0.4, 0.5) is 17.1 Å². The van der Waals surface area contributed by atoms with E-state index in [0.717, 1.165) is 29.1 Å². The third-order valence-electron chi connectivity index (χ3n) is 6.32. The molecule has 0 spiro atoms. The van der Waals surface area contributed by atoms with Gasteiger partial charge < -0.3 is 16.4 Å². The Morgan fingerprint density at radius 2 is 1.88 bits per heavy atom. The molecular weight excluding hydrogens is 598 g/mol. The Labute approximate surface area is 241 Å². The fraction of sp³-hybridized carbons (Fsp3) is 0.296. The van der Waals surface area contributed by atoms with E-state index in [-0.39, 0.29) is 36.3 Å². The van der Waals surface area contributed by atoms with E-state index >= 15 is 0 Å². The van der Waals surface area contributed by atoms with Gasteiger partial charge in [-0.15, -0.1) is 0 Å². The first-order chi connectivity index (χ1) is 19.1. The van der Waals surface area contributed by atoms with E-state index in [1.165, 1.54) is 23.7 Å². The largest absolute Gasteiger partial charge is 0.398 e. The van der Waals surface area contributed by atoms with Crippen molar-refractivity contribution in [3.63, 3.8) is 0 Å². The van der Waals surface area contributed by atoms with Gasteiger partial charge in [0.2, 0.25) is 10.0 Å². The summed E-state index contributed by atoms with van der Waals surface area (Å²) in [4.78, 5) is 29.8. The van der Waals surface area contributed by atoms with Gasteiger partial charge in [-0.1, -0.05) is 15.9 Å². The van der Waals surface area contributed by atoms with Crippen LogP contribution in [0.3, 0.4) is 0 Å². The fourth-order valence-electron chi connectivity index (χ4n) is 4.18. The molecule has 1 heterocycles. The average Bonchev–Trinajstić information content (AvgIpc) is 3.77. The SMILES string of the molecule is CNC(=O)C(=Nc1ccc(Br)cc1)c1cc(C2CC2)c(N(CCCNC(=O)c2ccnnc2)S(C)(=O)=O)cc1N. The average molecular weight is 629 g/mol. The predicted molar refractivity (Wildman–Crippen MR) is 158 cm³/mol. The van der Waals surface area contributed by atoms with Crippen LogP contribution in [0.2, 0.25) is 0 Å². The highest BCUT2D eigenvalue weighted by Crippen LogP contribution is 2.46. The van der Waals surface area contributed by atoms with Crippen molar-refractivity contribution in [3.05, 3.63) is 76.0 Å². The van der Waals surface area contributed by atoms with Gasteiger partial charge in [0, 0.05) is 35.9 Å². The van der Waals surface area contributed by atoms with Crippen LogP contribution >= 0.6 is 15.9 Å². The van der Waals surface area contributed by atoms with Crippen LogP contribution in [0.15, 0.2) is 64.3 Å². The molecule has 210 valence electrons. The van der Waals surface area contributed by atoms with Crippen molar-refractivity contribution >= 4 is 60.5 Å². The lowest BCUT2D eigenvalue weighted by molar-refractivity contribution is -0.114. The molecular formula is C27H30BrN7O4S. The number of nitrogens with one attached hydrogen (secondary N) is 2. The summed E-state index contributed by atoms with van der Waals surface area (Å²) in [5.74, 6) is -0.597. The number of benzene rings is 2. The minimum absolute atomic E-state index is 0.126. The minimum Gasteiger partial charge on any atom is -0.398 e. The summed E-state index contributed by atoms with van der Waals surface area (Å²) < 4.78 is 28.0. The topological polar surface area (TPSA) is 160 Å². The van der Waals surface area contributed by atoms with Gasteiger partial charge in [-0.25, -0.2) is 13.4 Å². The smallest absolute Gasteiger partial charge is 0.270 e. The number of aromatic nitrogens is 2. The van der Waals surface area contributed by atoms with E-state index in [9.17, 15) is 18.0 Å². The molecule has 3 aromatic rings. The molecule has 4 N–H and O–H groups in total. The van der Waals surface area contributed by atoms with Gasteiger partial charge in [0.25, 0.3) is 11.8 Å². The summed E-state index contributed by atoms with van der Waals surface area (Å²) in [6.45, 7) is 0.377. The highest BCUT2D eigenvalue weighted by molar-refractivity contribution is 9.10. The zero-order chi connectivity index (χ0) is 28.9. The number of halogens is 1. The van der Waals surface area contributed by atoms with Crippen LogP contribution in [0.1, 0.15) is 46.7 Å². The molecule has 0 unspecified atom stereocenters. The molecule has 1 aliphatic carbocycles. The van der Waals surface area contributed by atoms with E-state index < -0.39 is 15.9 Å². The summed E-state index contributed by atoms with van der Waals surface area (Å²) in [6.07, 6.45) is 6.06. The molecule has 0 aliphatic heterocycles. The summed E-state index contributed by atoms with van der Waals surface area (Å²) in [6, 6.07) is 12.1. The first kappa shape index (κ1) is 29.2. The van der Waals surface area contributed by atoms with E-state index in [0.29, 0.717) is 28.9 Å². The van der Waals surface area contributed by atoms with Crippen molar-refractivity contribution in [3.8, 4) is 0 Å². The van der Waals surface area contributed by atoms with E-state index in [1.807, 2.05) is 12.1 Å². The second kappa shape index (κ2) is 12.6. The maximum atomic E-state index is 12.9. The number of sulfonamides is 1. The van der Waals surface area contributed by atoms with Crippen LogP contribution < -0.4 is 20.7 Å². The number of carbonyl (C=O) groups excluding carboxylic acids is 2. The van der Waals surface area contributed by atoms with Gasteiger partial charge in [-0.05, 0) is 73.2 Å². The second-order valence-corrected chi connectivity index (χ2v) is 12.2. The number of nitrogens with two attached hydrogens (primary N) is 1. The lowest BCUT2D eigenvalue weighted by Gasteiger charge is -2.26. The number of likely N-dealkylation sites (N-methyl/N-ethyl adjacent to an activating group) is 1. The number of amides is 2. The van der Waals surface area contributed by atoms with Crippen LogP contribution in [0, 0.1) is 0 Å². The Morgan fingerprint density at radius 3 is 2.48 bits per heavy atom. The lowest BCUT2D eigenvalue weighted by atomic mass is 9.98. The maximum Gasteiger partial charge on any atom is 0.270 e. The van der Waals surface area contributed by atoms with Crippen molar-refractivity contribution in [2.24, 2.45) is 4.99 Å². The van der Waals surface area contributed by atoms with E-state index in [1.54, 1.807) is 30.3 Å². The summed E-state index contributed by atoms with van der Waals surface area (Å²) in [7, 11) is -2.17. The third-order valence-corrected chi connectivity index (χ3v) is 8.03. The molecule has 40 heavy (non-hydrogen) atoms. The normalized spacial score (nSPS) is 13.5. The minimum atomic E-state index is -3.69. The summed E-state index contributed by atoms with van der Waals surface area (Å²) in [5.41, 5.74) is 9.45. The number of aliphatic imine (C=N–C) groups is 1. The highest BCUT2D eigenvalue weighted by Gasteiger charge is 2.32. The van der Waals surface area contributed by atoms with Crippen LogP contribution in [-0.4, -0.2) is 62.5 Å². The Kier molecular flexibility index (Phi) is 9.15. The number of hydrogen-bond acceptors (Lipinski definition) is 8. The zero-order valence-electron chi connectivity index (χ0n) is 22.1. The molecule has 0 bridgehead atoms. The molecule has 2 amide bonds. The van der Waals surface area contributed by atoms with Crippen molar-refractivity contribution < 1.29 is 18.0 Å². The van der Waals surface area contributed by atoms with Crippen molar-refractivity contribution in [1.82, 2.24) is 20.8 Å². The summed E-state index contributed by atoms with van der Waals surface area (Å²) >= 11 is 3.39. The number of carbonyl (C=O) groups is 2. The Hall–Kier alpha value is -3.84. The van der Waals surface area contributed by atoms with Crippen LogP contribution in [0.25, 0.3) is 0 Å². The number of hydrogen-bond donors (Lipinski definition) is 3. The first-order valence-corrected chi connectivity index (χ1v) is 15.3. The Balaban J connectivity index is 1.64. The first-order valence-electron chi connectivity index (χ1n) is 12.6. The molecule has 2 aromatic carbocycles. The van der Waals surface area contributed by atoms with Gasteiger partial charge in [0.05, 0.1) is 35.6 Å². The monoisotopic (exact) mass is 627 g/mol. The third kappa shape index (κ3) is 7.21. The molecule has 13 heteroatoms. The van der Waals surface area contributed by atoms with E-state index in [4.69, 9.17) is 5.73 Å². The molecule has 1 aliphatic rings. The van der Waals surface area contributed by atoms with Gasteiger partial charge in [-0.3, -0.25) is 13.9 Å². The fourth-order valence-corrected chi connectivity index (χ4v) is 5.42. The zero-order valence-corrected chi connectivity index (χ0v) is 24.5. The number of nitrogen functional groups attached to an aromatic ring is 1. The molecule has 4 rings (SSSR count). The van der Waals surface area contributed by atoms with Crippen LogP contribution in [0.5, 0.6) is 0 Å². The Bertz CT molecular complexity index is 1530. The molecule has 11 nitrogen and oxygen atoms in total. The molecule has 1 fully saturated rings. The molecule has 0 radical (unpaired) electrons. The standard InChI is InChI=1S/C27H30BrN7O4S/c1-30-27(37)25(34-20-8-6-19(28)7-9-20)22-14-21(17-4-5-17)24(15-23(22)29)35(40(2,38)39)13-3-11-31-26(36)18-10-12-32-33-16-18/h6-10,12,14-17H,3-5,11,13,29H2,1-2H3,(H,30,37)(H,31,36). The van der Waals surface area contributed by atoms with Crippen molar-refractivity contribution in [2.45, 2.75) is 25.2 Å². The van der Waals surface area contributed by atoms with Crippen molar-refractivity contribution in [2.75, 3.05) is 36.4 Å². The Morgan fingerprint density at radius 1 is 1.15 bits per heavy atom. The quantitative estimate of drug-likeness (QED) is 0.167. The number of rotatable bonds is 11. The second-order valence-electron chi connectivity index (χ2n) is 9.36. The molecule has 0 saturated heterocycles. The highest BCUT2D eigenvalue weighted by atomic mass is 79.9. The number of nitrogens with zero attached hydrogens (tertiary/aromatic N) is 4.